The van der Waals surface area contributed by atoms with Crippen LogP contribution in [-0.2, 0) is 11.3 Å². The monoisotopic (exact) mass is 332 g/mol. The molecule has 2 rings (SSSR count). The summed E-state index contributed by atoms with van der Waals surface area (Å²) in [5.41, 5.74) is 2.26. The molecule has 2 nitrogen and oxygen atoms in total. The van der Waals surface area contributed by atoms with Crippen LogP contribution in [0.5, 0.6) is 5.75 Å². The van der Waals surface area contributed by atoms with Crippen molar-refractivity contribution in [3.8, 4) is 5.75 Å². The van der Waals surface area contributed by atoms with Crippen LogP contribution in [0.2, 0.25) is 0 Å². The van der Waals surface area contributed by atoms with Crippen LogP contribution in [0.1, 0.15) is 11.1 Å². The molecule has 0 aromatic heterocycles. The van der Waals surface area contributed by atoms with E-state index in [0.29, 0.717) is 13.2 Å². The third kappa shape index (κ3) is 4.51. The van der Waals surface area contributed by atoms with Crippen LogP contribution in [0.4, 0.5) is 0 Å². The number of halogens is 1. The summed E-state index contributed by atoms with van der Waals surface area (Å²) < 4.78 is 11.9. The second kappa shape index (κ2) is 7.88. The van der Waals surface area contributed by atoms with Gasteiger partial charge < -0.3 is 9.47 Å². The first-order chi connectivity index (χ1) is 9.79. The van der Waals surface area contributed by atoms with Crippen molar-refractivity contribution in [2.75, 3.05) is 13.7 Å². The number of rotatable bonds is 6. The van der Waals surface area contributed by atoms with Gasteiger partial charge in [-0.3, -0.25) is 0 Å². The predicted molar refractivity (Wildman–Crippen MR) is 85.8 cm³/mol. The molecular weight excluding hydrogens is 316 g/mol. The minimum Gasteiger partial charge on any atom is -0.497 e. The molecule has 0 spiro atoms. The summed E-state index contributed by atoms with van der Waals surface area (Å²) in [6, 6.07) is 16.0. The molecule has 0 radical (unpaired) electrons. The molecule has 2 aromatic carbocycles. The lowest BCUT2D eigenvalue weighted by Gasteiger charge is -2.07. The summed E-state index contributed by atoms with van der Waals surface area (Å²) >= 11 is 3.51. The number of ether oxygens (including phenoxy) is 2. The van der Waals surface area contributed by atoms with E-state index in [4.69, 9.17) is 9.47 Å². The molecule has 3 heteroatoms. The number of benzene rings is 2. The highest BCUT2D eigenvalue weighted by Gasteiger charge is 2.01. The van der Waals surface area contributed by atoms with Crippen molar-refractivity contribution in [2.24, 2.45) is 0 Å². The molecule has 0 saturated carbocycles. The van der Waals surface area contributed by atoms with E-state index in [2.05, 4.69) is 34.1 Å². The third-order valence-corrected chi connectivity index (χ3v) is 3.61. The molecule has 104 valence electrons. The highest BCUT2D eigenvalue weighted by atomic mass is 79.9. The molecule has 0 N–H and O–H groups in total. The van der Waals surface area contributed by atoms with Gasteiger partial charge in [0.1, 0.15) is 5.75 Å². The summed E-state index contributed by atoms with van der Waals surface area (Å²) in [7, 11) is 1.66. The van der Waals surface area contributed by atoms with Gasteiger partial charge in [0.05, 0.1) is 20.3 Å². The molecule has 20 heavy (non-hydrogen) atoms. The van der Waals surface area contributed by atoms with E-state index in [9.17, 15) is 0 Å². The van der Waals surface area contributed by atoms with Crippen molar-refractivity contribution in [3.63, 3.8) is 0 Å². The molecule has 2 aromatic rings. The van der Waals surface area contributed by atoms with E-state index in [1.807, 2.05) is 42.5 Å². The van der Waals surface area contributed by atoms with Crippen LogP contribution >= 0.6 is 15.9 Å². The Bertz CT molecular complexity index is 564. The van der Waals surface area contributed by atoms with Crippen molar-refractivity contribution < 1.29 is 9.47 Å². The van der Waals surface area contributed by atoms with Gasteiger partial charge in [0.25, 0.3) is 0 Å². The molecule has 0 unspecified atom stereocenters. The zero-order valence-electron chi connectivity index (χ0n) is 11.4. The normalized spacial score (nSPS) is 10.9. The Balaban J connectivity index is 1.83. The van der Waals surface area contributed by atoms with E-state index >= 15 is 0 Å². The topological polar surface area (TPSA) is 18.5 Å². The fourth-order valence-electron chi connectivity index (χ4n) is 1.77. The van der Waals surface area contributed by atoms with Gasteiger partial charge in [-0.25, -0.2) is 0 Å². The van der Waals surface area contributed by atoms with Crippen LogP contribution in [0.3, 0.4) is 0 Å². The van der Waals surface area contributed by atoms with Crippen molar-refractivity contribution in [3.05, 3.63) is 70.2 Å². The average Bonchev–Trinajstić information content (AvgIpc) is 2.50. The third-order valence-electron chi connectivity index (χ3n) is 2.83. The molecule has 0 aliphatic heterocycles. The first-order valence-electron chi connectivity index (χ1n) is 6.41. The Morgan fingerprint density at radius 2 is 1.90 bits per heavy atom. The van der Waals surface area contributed by atoms with Gasteiger partial charge in [-0.1, -0.05) is 58.4 Å². The first kappa shape index (κ1) is 14.8. The minimum atomic E-state index is 0.552. The number of hydrogen-bond acceptors (Lipinski definition) is 2. The van der Waals surface area contributed by atoms with Gasteiger partial charge in [-0.2, -0.15) is 0 Å². The summed E-state index contributed by atoms with van der Waals surface area (Å²) in [5.74, 6) is 0.839. The van der Waals surface area contributed by atoms with Crippen molar-refractivity contribution in [1.82, 2.24) is 0 Å². The fourth-order valence-corrected chi connectivity index (χ4v) is 2.14. The lowest BCUT2D eigenvalue weighted by molar-refractivity contribution is 0.148. The SMILES string of the molecule is COc1ccc(Br)c(COCC=Cc2ccccc2)c1. The highest BCUT2D eigenvalue weighted by Crippen LogP contribution is 2.23. The number of methoxy groups -OCH3 is 1. The molecular formula is C17H17BrO2. The Labute approximate surface area is 128 Å². The Hall–Kier alpha value is -1.58. The summed E-state index contributed by atoms with van der Waals surface area (Å²) in [4.78, 5) is 0. The second-order valence-corrected chi connectivity index (χ2v) is 5.14. The Kier molecular flexibility index (Phi) is 5.84. The second-order valence-electron chi connectivity index (χ2n) is 4.29. The maximum absolute atomic E-state index is 5.65. The molecule has 0 heterocycles. The first-order valence-corrected chi connectivity index (χ1v) is 7.20. The van der Waals surface area contributed by atoms with Crippen molar-refractivity contribution in [1.29, 1.82) is 0 Å². The van der Waals surface area contributed by atoms with Gasteiger partial charge in [0.15, 0.2) is 0 Å². The average molecular weight is 333 g/mol. The van der Waals surface area contributed by atoms with Gasteiger partial charge in [0, 0.05) is 4.47 Å². The van der Waals surface area contributed by atoms with E-state index in [1.54, 1.807) is 7.11 Å². The van der Waals surface area contributed by atoms with Gasteiger partial charge in [-0.05, 0) is 29.3 Å². The summed E-state index contributed by atoms with van der Waals surface area (Å²) in [5, 5.41) is 0. The van der Waals surface area contributed by atoms with Gasteiger partial charge in [-0.15, -0.1) is 0 Å². The van der Waals surface area contributed by atoms with Crippen LogP contribution in [0, 0.1) is 0 Å². The fraction of sp³-hybridized carbons (Fsp3) is 0.176. The zero-order chi connectivity index (χ0) is 14.2. The zero-order valence-corrected chi connectivity index (χ0v) is 13.0. The summed E-state index contributed by atoms with van der Waals surface area (Å²) in [6.07, 6.45) is 4.07. The molecule has 0 saturated heterocycles. The van der Waals surface area contributed by atoms with E-state index < -0.39 is 0 Å². The standard InChI is InChI=1S/C17H17BrO2/c1-19-16-9-10-17(18)15(12-16)13-20-11-5-8-14-6-3-2-4-7-14/h2-10,12H,11,13H2,1H3. The lowest BCUT2D eigenvalue weighted by Crippen LogP contribution is -1.95. The quantitative estimate of drug-likeness (QED) is 0.714. The van der Waals surface area contributed by atoms with E-state index in [0.717, 1.165) is 15.8 Å². The maximum Gasteiger partial charge on any atom is 0.119 e. The van der Waals surface area contributed by atoms with Crippen LogP contribution in [0.15, 0.2) is 59.1 Å². The predicted octanol–water partition coefficient (Wildman–Crippen LogP) is 4.69. The largest absolute Gasteiger partial charge is 0.497 e. The Morgan fingerprint density at radius 3 is 2.65 bits per heavy atom. The molecule has 0 amide bonds. The smallest absolute Gasteiger partial charge is 0.119 e. The molecule has 0 fully saturated rings. The Morgan fingerprint density at radius 1 is 1.10 bits per heavy atom. The van der Waals surface area contributed by atoms with Crippen LogP contribution in [-0.4, -0.2) is 13.7 Å². The van der Waals surface area contributed by atoms with E-state index in [1.165, 1.54) is 5.56 Å². The summed E-state index contributed by atoms with van der Waals surface area (Å²) in [6.45, 7) is 1.13. The van der Waals surface area contributed by atoms with Crippen LogP contribution < -0.4 is 4.74 Å². The minimum absolute atomic E-state index is 0.552. The number of hydrogen-bond donors (Lipinski definition) is 0. The molecule has 0 atom stereocenters. The molecule has 0 bridgehead atoms. The highest BCUT2D eigenvalue weighted by molar-refractivity contribution is 9.10. The lowest BCUT2D eigenvalue weighted by atomic mass is 10.2. The van der Waals surface area contributed by atoms with Crippen molar-refractivity contribution >= 4 is 22.0 Å². The van der Waals surface area contributed by atoms with E-state index in [-0.39, 0.29) is 0 Å². The molecule has 0 aliphatic rings. The van der Waals surface area contributed by atoms with Gasteiger partial charge in [0.2, 0.25) is 0 Å². The molecule has 0 aliphatic carbocycles. The van der Waals surface area contributed by atoms with Crippen molar-refractivity contribution in [2.45, 2.75) is 6.61 Å². The van der Waals surface area contributed by atoms with Gasteiger partial charge >= 0.3 is 0 Å². The maximum atomic E-state index is 5.65. The van der Waals surface area contributed by atoms with Crippen LogP contribution in [0.25, 0.3) is 6.08 Å².